The molecule has 0 atom stereocenters. The third kappa shape index (κ3) is 10.6. The van der Waals surface area contributed by atoms with E-state index in [9.17, 15) is 35.1 Å². The molecule has 0 heterocycles. The van der Waals surface area contributed by atoms with E-state index >= 15 is 0 Å². The Morgan fingerprint density at radius 1 is 0.528 bits per heavy atom. The maximum atomic E-state index is 12.6. The lowest BCUT2D eigenvalue weighted by Crippen LogP contribution is -2.47. The molecule has 0 N–H and O–H groups in total. The molecule has 2 aromatic carbocycles. The van der Waals surface area contributed by atoms with Gasteiger partial charge in [-0.2, -0.15) is 5.16 Å². The molecule has 204 valence electrons. The minimum Gasteiger partial charge on any atom is -0.753 e. The van der Waals surface area contributed by atoms with Gasteiger partial charge in [-0.25, -0.2) is 35.1 Å². The Balaban J connectivity index is 0. The van der Waals surface area contributed by atoms with E-state index in [1.807, 2.05) is 0 Å². The van der Waals surface area contributed by atoms with Gasteiger partial charge in [-0.05, 0) is 118 Å². The third-order valence-corrected chi connectivity index (χ3v) is 11.1. The predicted octanol–water partition coefficient (Wildman–Crippen LogP) is 9.45. The Bertz CT molecular complexity index is 768. The Morgan fingerprint density at radius 2 is 0.667 bits per heavy atom. The fraction of sp³-hybridized carbons (Fsp3) is 0.381. The number of halogens is 12. The second-order valence-corrected chi connectivity index (χ2v) is 11.0. The van der Waals surface area contributed by atoms with Crippen LogP contribution < -0.4 is 0 Å². The number of isothiocyanates is 1. The molecule has 2 aromatic rings. The van der Waals surface area contributed by atoms with Crippen molar-refractivity contribution < 1.29 is 39.6 Å². The zero-order chi connectivity index (χ0) is 29.0. The van der Waals surface area contributed by atoms with Crippen LogP contribution in [0.3, 0.4) is 0 Å². The molecular formula is C21H20F8I4N2S. The zero-order valence-corrected chi connectivity index (χ0v) is 28.6. The highest BCUT2D eigenvalue weighted by Gasteiger charge is 2.23. The lowest BCUT2D eigenvalue weighted by Gasteiger charge is -2.34. The minimum atomic E-state index is -1.77. The number of hydrogen-bond acceptors (Lipinski definition) is 1. The molecule has 0 aromatic heterocycles. The SMILES string of the molecule is CC[N+](CC)(CC)CC.Fc1c(F)c(F)c(I)c(I)c1F.Fc1c(F)c(F)c(I)c(I)c1F.[N-]=C=S. The third-order valence-electron chi connectivity index (χ3n) is 5.00. The van der Waals surface area contributed by atoms with Gasteiger partial charge >= 0.3 is 0 Å². The van der Waals surface area contributed by atoms with Crippen LogP contribution in [0.5, 0.6) is 0 Å². The number of nitrogens with zero attached hydrogens (tertiary/aromatic N) is 2. The molecule has 0 unspecified atom stereocenters. The molecular weight excluding hydrogens is 972 g/mol. The topological polar surface area (TPSA) is 22.3 Å². The van der Waals surface area contributed by atoms with Gasteiger partial charge in [0.1, 0.15) is 0 Å². The van der Waals surface area contributed by atoms with Crippen LogP contribution in [0.2, 0.25) is 0 Å². The van der Waals surface area contributed by atoms with Crippen LogP contribution in [0.15, 0.2) is 0 Å². The smallest absolute Gasteiger partial charge is 0.198 e. The first-order valence-electron chi connectivity index (χ1n) is 9.79. The fourth-order valence-electron chi connectivity index (χ4n) is 2.50. The van der Waals surface area contributed by atoms with Crippen LogP contribution in [-0.4, -0.2) is 35.8 Å². The van der Waals surface area contributed by atoms with E-state index in [1.54, 1.807) is 0 Å². The maximum Gasteiger partial charge on any atom is 0.198 e. The summed E-state index contributed by atoms with van der Waals surface area (Å²) in [5, 5.41) is 8.47. The summed E-state index contributed by atoms with van der Waals surface area (Å²) in [6.07, 6.45) is 0. The lowest BCUT2D eigenvalue weighted by atomic mass is 10.3. The summed E-state index contributed by atoms with van der Waals surface area (Å²) in [4.78, 5) is 0. The van der Waals surface area contributed by atoms with Crippen molar-refractivity contribution in [2.45, 2.75) is 27.7 Å². The molecule has 0 radical (unpaired) electrons. The summed E-state index contributed by atoms with van der Waals surface area (Å²) in [6, 6.07) is 0. The van der Waals surface area contributed by atoms with E-state index in [4.69, 9.17) is 5.41 Å². The van der Waals surface area contributed by atoms with Gasteiger partial charge in [-0.3, -0.25) is 0 Å². The van der Waals surface area contributed by atoms with Crippen molar-refractivity contribution in [1.82, 2.24) is 0 Å². The summed E-state index contributed by atoms with van der Waals surface area (Å²) in [5.74, 6) is -12.5. The molecule has 2 rings (SSSR count). The van der Waals surface area contributed by atoms with Gasteiger partial charge in [0.05, 0.1) is 40.5 Å². The Labute approximate surface area is 264 Å². The molecule has 0 aliphatic rings. The molecule has 0 saturated carbocycles. The number of hydrogen-bond donors (Lipinski definition) is 0. The number of rotatable bonds is 4. The van der Waals surface area contributed by atoms with Crippen LogP contribution in [0.1, 0.15) is 27.7 Å². The number of thiocarbonyl (C=S) groups is 1. The van der Waals surface area contributed by atoms with E-state index in [1.165, 1.54) is 126 Å². The summed E-state index contributed by atoms with van der Waals surface area (Å²) < 4.78 is 101. The molecule has 0 saturated heterocycles. The van der Waals surface area contributed by atoms with Crippen molar-refractivity contribution in [2.75, 3.05) is 26.2 Å². The molecule has 0 aliphatic carbocycles. The minimum absolute atomic E-state index is 0.246. The summed E-state index contributed by atoms with van der Waals surface area (Å²) in [5.41, 5.74) is 0. The van der Waals surface area contributed by atoms with Gasteiger partial charge < -0.3 is 9.89 Å². The van der Waals surface area contributed by atoms with E-state index in [2.05, 4.69) is 39.9 Å². The number of benzene rings is 2. The summed E-state index contributed by atoms with van der Waals surface area (Å²) in [7, 11) is 0. The van der Waals surface area contributed by atoms with E-state index < -0.39 is 46.5 Å². The normalized spacial score (nSPS) is 10.2. The van der Waals surface area contributed by atoms with E-state index in [0.29, 0.717) is 0 Å². The van der Waals surface area contributed by atoms with Crippen molar-refractivity contribution in [3.63, 3.8) is 0 Å². The van der Waals surface area contributed by atoms with Crippen molar-refractivity contribution in [3.8, 4) is 0 Å². The van der Waals surface area contributed by atoms with E-state index in [-0.39, 0.29) is 14.3 Å². The second kappa shape index (κ2) is 18.8. The summed E-state index contributed by atoms with van der Waals surface area (Å²) in [6.45, 7) is 14.2. The lowest BCUT2D eigenvalue weighted by molar-refractivity contribution is -0.921. The monoisotopic (exact) mass is 992 g/mol. The molecule has 0 aliphatic heterocycles. The van der Waals surface area contributed by atoms with Gasteiger partial charge in [0, 0.05) is 0 Å². The fourth-order valence-corrected chi connectivity index (χ4v) is 4.39. The van der Waals surface area contributed by atoms with Crippen LogP contribution in [0.25, 0.3) is 5.41 Å². The molecule has 0 fully saturated rings. The zero-order valence-electron chi connectivity index (χ0n) is 19.2. The molecule has 2 nitrogen and oxygen atoms in total. The van der Waals surface area contributed by atoms with Gasteiger partial charge in [0.25, 0.3) is 0 Å². The highest BCUT2D eigenvalue weighted by Crippen LogP contribution is 2.27. The van der Waals surface area contributed by atoms with Crippen molar-refractivity contribution in [3.05, 3.63) is 66.2 Å². The first-order chi connectivity index (χ1) is 16.6. The summed E-state index contributed by atoms with van der Waals surface area (Å²) >= 11 is 9.33. The van der Waals surface area contributed by atoms with Crippen molar-refractivity contribution in [2.24, 2.45) is 0 Å². The standard InChI is InChI=1S/C8H20N.2C6F4I2.CNS/c1-5-9(6-2,7-3)8-4;2*7-1-2(8)4(10)6(12)5(11)3(1)9;2-1-3/h5-8H2,1-4H3;;;/q+1;;;-1. The quantitative estimate of drug-likeness (QED) is 0.0570. The largest absolute Gasteiger partial charge is 0.753 e. The number of quaternary nitrogens is 1. The van der Waals surface area contributed by atoms with Gasteiger partial charge in [0.15, 0.2) is 46.5 Å². The van der Waals surface area contributed by atoms with Gasteiger partial charge in [-0.15, -0.1) is 0 Å². The Hall–Kier alpha value is 0.560. The average molecular weight is 992 g/mol. The van der Waals surface area contributed by atoms with Crippen LogP contribution in [0, 0.1) is 60.8 Å². The highest BCUT2D eigenvalue weighted by molar-refractivity contribution is 14.1. The van der Waals surface area contributed by atoms with Crippen molar-refractivity contribution >= 4 is 108 Å². The molecule has 36 heavy (non-hydrogen) atoms. The maximum absolute atomic E-state index is 12.6. The highest BCUT2D eigenvalue weighted by atomic mass is 127. The molecule has 0 spiro atoms. The first-order valence-corrected chi connectivity index (χ1v) is 14.5. The molecule has 0 bridgehead atoms. The Morgan fingerprint density at radius 3 is 0.750 bits per heavy atom. The van der Waals surface area contributed by atoms with Crippen LogP contribution >= 0.6 is 103 Å². The first kappa shape index (κ1) is 38.7. The predicted molar refractivity (Wildman–Crippen MR) is 162 cm³/mol. The van der Waals surface area contributed by atoms with Crippen LogP contribution in [0.4, 0.5) is 35.1 Å². The van der Waals surface area contributed by atoms with Crippen LogP contribution in [-0.2, 0) is 0 Å². The molecule has 0 amide bonds. The molecule has 15 heteroatoms. The average Bonchev–Trinajstić information content (AvgIpc) is 2.89. The Kier molecular flexibility index (Phi) is 20.2. The second-order valence-electron chi connectivity index (χ2n) is 6.47. The van der Waals surface area contributed by atoms with Crippen molar-refractivity contribution in [1.29, 1.82) is 0 Å². The van der Waals surface area contributed by atoms with Gasteiger partial charge in [-0.1, -0.05) is 12.2 Å². The van der Waals surface area contributed by atoms with Gasteiger partial charge in [0.2, 0.25) is 0 Å². The van der Waals surface area contributed by atoms with E-state index in [0.717, 1.165) is 0 Å².